The van der Waals surface area contributed by atoms with Crippen molar-refractivity contribution in [1.82, 2.24) is 4.98 Å². The van der Waals surface area contributed by atoms with Gasteiger partial charge in [-0.2, -0.15) is 0 Å². The van der Waals surface area contributed by atoms with Crippen molar-refractivity contribution in [3.05, 3.63) is 64.4 Å². The Morgan fingerprint density at radius 1 is 1.07 bits per heavy atom. The van der Waals surface area contributed by atoms with Crippen LogP contribution in [0.5, 0.6) is 0 Å². The molecule has 1 N–H and O–H groups in total. The average molecular weight is 264 g/mol. The molecule has 1 atom stereocenters. The van der Waals surface area contributed by atoms with Gasteiger partial charge in [-0.3, -0.25) is 0 Å². The van der Waals surface area contributed by atoms with Crippen molar-refractivity contribution in [2.75, 3.05) is 0 Å². The van der Waals surface area contributed by atoms with Crippen molar-refractivity contribution in [1.29, 1.82) is 0 Å². The van der Waals surface area contributed by atoms with Crippen LogP contribution < -0.4 is 0 Å². The van der Waals surface area contributed by atoms with E-state index in [1.807, 2.05) is 42.5 Å². The number of hydrogen-bond acceptors (Lipinski definition) is 2. The van der Waals surface area contributed by atoms with Gasteiger partial charge < -0.3 is 5.11 Å². The van der Waals surface area contributed by atoms with E-state index in [0.717, 1.165) is 11.1 Å². The smallest absolute Gasteiger partial charge is 0.112 e. The quantitative estimate of drug-likeness (QED) is 0.846. The second kappa shape index (κ2) is 4.55. The van der Waals surface area contributed by atoms with Crippen LogP contribution in [0.1, 0.15) is 17.2 Å². The zero-order valence-corrected chi connectivity index (χ0v) is 9.55. The molecule has 0 saturated heterocycles. The zero-order valence-electron chi connectivity index (χ0n) is 7.97. The number of nitrogens with zero attached hydrogens (tertiary/aromatic N) is 1. The Balaban J connectivity index is 2.37. The molecule has 2 rings (SSSR count). The molecule has 0 aliphatic heterocycles. The summed E-state index contributed by atoms with van der Waals surface area (Å²) in [6.45, 7) is 0. The summed E-state index contributed by atoms with van der Waals surface area (Å²) in [6, 6.07) is 13.2. The number of pyridine rings is 1. The molecular formula is C12H10BrNO. The molecule has 0 radical (unpaired) electrons. The first-order valence-corrected chi connectivity index (χ1v) is 5.42. The maximum atomic E-state index is 10.1. The fourth-order valence-corrected chi connectivity index (χ4v) is 1.88. The summed E-state index contributed by atoms with van der Waals surface area (Å²) in [5, 5.41) is 10.1. The van der Waals surface area contributed by atoms with Gasteiger partial charge in [0.1, 0.15) is 10.7 Å². The number of benzene rings is 1. The molecule has 0 bridgehead atoms. The second-order valence-electron chi connectivity index (χ2n) is 3.20. The minimum absolute atomic E-state index is 0.630. The Morgan fingerprint density at radius 3 is 2.47 bits per heavy atom. The van der Waals surface area contributed by atoms with E-state index < -0.39 is 6.10 Å². The highest BCUT2D eigenvalue weighted by Gasteiger charge is 2.12. The molecule has 2 nitrogen and oxygen atoms in total. The van der Waals surface area contributed by atoms with Crippen molar-refractivity contribution >= 4 is 15.9 Å². The highest BCUT2D eigenvalue weighted by Crippen LogP contribution is 2.26. The van der Waals surface area contributed by atoms with Crippen LogP contribution in [0.4, 0.5) is 0 Å². The number of hydrogen-bond donors (Lipinski definition) is 1. The average Bonchev–Trinajstić information content (AvgIpc) is 2.30. The molecule has 1 aromatic heterocycles. The van der Waals surface area contributed by atoms with Crippen LogP contribution >= 0.6 is 15.9 Å². The van der Waals surface area contributed by atoms with Crippen LogP contribution in [-0.2, 0) is 0 Å². The van der Waals surface area contributed by atoms with Crippen LogP contribution in [0.2, 0.25) is 0 Å². The molecule has 0 spiro atoms. The van der Waals surface area contributed by atoms with Gasteiger partial charge in [-0.15, -0.1) is 0 Å². The Kier molecular flexibility index (Phi) is 3.14. The number of rotatable bonds is 2. The van der Waals surface area contributed by atoms with Crippen LogP contribution in [0, 0.1) is 0 Å². The normalized spacial score (nSPS) is 12.4. The Morgan fingerprint density at radius 2 is 1.80 bits per heavy atom. The molecular weight excluding hydrogens is 254 g/mol. The first-order valence-electron chi connectivity index (χ1n) is 4.62. The number of halogens is 1. The van der Waals surface area contributed by atoms with Gasteiger partial charge in [0.15, 0.2) is 0 Å². The van der Waals surface area contributed by atoms with Gasteiger partial charge in [0, 0.05) is 11.8 Å². The van der Waals surface area contributed by atoms with E-state index in [9.17, 15) is 5.11 Å². The van der Waals surface area contributed by atoms with Gasteiger partial charge in [0.2, 0.25) is 0 Å². The van der Waals surface area contributed by atoms with E-state index in [1.54, 1.807) is 6.20 Å². The van der Waals surface area contributed by atoms with Crippen molar-refractivity contribution in [3.63, 3.8) is 0 Å². The monoisotopic (exact) mass is 263 g/mol. The summed E-state index contributed by atoms with van der Waals surface area (Å²) in [5.74, 6) is 0. The topological polar surface area (TPSA) is 33.1 Å². The van der Waals surface area contributed by atoms with E-state index in [0.29, 0.717) is 4.60 Å². The van der Waals surface area contributed by atoms with Gasteiger partial charge >= 0.3 is 0 Å². The van der Waals surface area contributed by atoms with Crippen LogP contribution in [-0.4, -0.2) is 10.1 Å². The predicted octanol–water partition coefficient (Wildman–Crippen LogP) is 2.93. The fraction of sp³-hybridized carbons (Fsp3) is 0.0833. The molecule has 76 valence electrons. The van der Waals surface area contributed by atoms with Gasteiger partial charge in [-0.25, -0.2) is 4.98 Å². The van der Waals surface area contributed by atoms with E-state index in [-0.39, 0.29) is 0 Å². The van der Waals surface area contributed by atoms with Crippen molar-refractivity contribution in [2.24, 2.45) is 0 Å². The molecule has 1 unspecified atom stereocenters. The standard InChI is InChI=1S/C12H10BrNO/c13-12-10(7-4-8-14-12)11(15)9-5-2-1-3-6-9/h1-8,11,15H. The molecule has 0 amide bonds. The highest BCUT2D eigenvalue weighted by molar-refractivity contribution is 9.10. The van der Waals surface area contributed by atoms with Crippen LogP contribution in [0.3, 0.4) is 0 Å². The maximum absolute atomic E-state index is 10.1. The molecule has 0 aliphatic rings. The molecule has 1 aromatic carbocycles. The van der Waals surface area contributed by atoms with Crippen LogP contribution in [0.15, 0.2) is 53.3 Å². The summed E-state index contributed by atoms with van der Waals surface area (Å²) in [7, 11) is 0. The first-order chi connectivity index (χ1) is 7.29. The number of aromatic nitrogens is 1. The number of aliphatic hydroxyl groups excluding tert-OH is 1. The minimum Gasteiger partial charge on any atom is -0.384 e. The lowest BCUT2D eigenvalue weighted by atomic mass is 10.0. The molecule has 15 heavy (non-hydrogen) atoms. The Labute approximate surface area is 96.7 Å². The van der Waals surface area contributed by atoms with Crippen LogP contribution in [0.25, 0.3) is 0 Å². The summed E-state index contributed by atoms with van der Waals surface area (Å²) >= 11 is 3.32. The largest absolute Gasteiger partial charge is 0.384 e. The lowest BCUT2D eigenvalue weighted by molar-refractivity contribution is 0.219. The van der Waals surface area contributed by atoms with Crippen molar-refractivity contribution in [2.45, 2.75) is 6.10 Å². The number of aliphatic hydroxyl groups is 1. The summed E-state index contributed by atoms with van der Waals surface area (Å²) in [6.07, 6.45) is 1.06. The first kappa shape index (κ1) is 10.3. The molecule has 0 saturated carbocycles. The minimum atomic E-state index is -0.630. The molecule has 2 aromatic rings. The van der Waals surface area contributed by atoms with E-state index >= 15 is 0 Å². The Bertz CT molecular complexity index is 444. The van der Waals surface area contributed by atoms with E-state index in [4.69, 9.17) is 0 Å². The van der Waals surface area contributed by atoms with Gasteiger partial charge in [0.05, 0.1) is 0 Å². The maximum Gasteiger partial charge on any atom is 0.112 e. The lowest BCUT2D eigenvalue weighted by Gasteiger charge is -2.11. The van der Waals surface area contributed by atoms with E-state index in [2.05, 4.69) is 20.9 Å². The highest BCUT2D eigenvalue weighted by atomic mass is 79.9. The van der Waals surface area contributed by atoms with Gasteiger partial charge in [-0.05, 0) is 27.6 Å². The summed E-state index contributed by atoms with van der Waals surface area (Å²) < 4.78 is 0.682. The summed E-state index contributed by atoms with van der Waals surface area (Å²) in [5.41, 5.74) is 1.65. The van der Waals surface area contributed by atoms with E-state index in [1.165, 1.54) is 0 Å². The summed E-state index contributed by atoms with van der Waals surface area (Å²) in [4.78, 5) is 4.08. The molecule has 0 fully saturated rings. The SMILES string of the molecule is OC(c1ccccc1)c1cccnc1Br. The third kappa shape index (κ3) is 2.25. The van der Waals surface area contributed by atoms with Gasteiger partial charge in [-0.1, -0.05) is 36.4 Å². The second-order valence-corrected chi connectivity index (χ2v) is 3.95. The third-order valence-electron chi connectivity index (χ3n) is 2.20. The fourth-order valence-electron chi connectivity index (χ4n) is 1.42. The third-order valence-corrected chi connectivity index (χ3v) is 2.86. The van der Waals surface area contributed by atoms with Gasteiger partial charge in [0.25, 0.3) is 0 Å². The molecule has 1 heterocycles. The molecule has 3 heteroatoms. The molecule has 0 aliphatic carbocycles. The zero-order chi connectivity index (χ0) is 10.7. The predicted molar refractivity (Wildman–Crippen MR) is 62.4 cm³/mol. The lowest BCUT2D eigenvalue weighted by Crippen LogP contribution is -2.00. The Hall–Kier alpha value is -1.19. The van der Waals surface area contributed by atoms with Crippen molar-refractivity contribution < 1.29 is 5.11 Å². The van der Waals surface area contributed by atoms with Crippen molar-refractivity contribution in [3.8, 4) is 0 Å².